The number of imidazole rings is 2. The molecule has 0 radical (unpaired) electrons. The van der Waals surface area contributed by atoms with Gasteiger partial charge in [-0.3, -0.25) is 4.79 Å². The zero-order valence-electron chi connectivity index (χ0n) is 64.6. The maximum atomic E-state index is 12.7. The molecule has 590 valence electrons. The SMILES string of the molecule is CC1CCC(N)CC1.CC1CCCC(N)C1.ClC(Cl)Cl.NC1CCCC1.NC1CCCC1.NC1CCCCC1.NC1CCCCC1.NCC1CCCCC1.O=C(NC1CCNC1)c1ccc2c(c1)nc(-c1ccoc1)n2C1CCCCC1.O=C(O)c1ccc2c(c1)nc(C1=CCC=C1)n2C1CCCCC1. The number of amides is 1. The number of carbonyl (C=O) groups is 2. The Hall–Kier alpha value is -4.37. The molecule has 0 bridgehead atoms. The van der Waals surface area contributed by atoms with Gasteiger partial charge in [-0.25, -0.2) is 14.8 Å². The van der Waals surface area contributed by atoms with E-state index in [9.17, 15) is 14.7 Å². The number of halogens is 3. The highest BCUT2D eigenvalue weighted by Gasteiger charge is 2.27. The zero-order valence-corrected chi connectivity index (χ0v) is 66.9. The third-order valence-electron chi connectivity index (χ3n) is 23.2. The summed E-state index contributed by atoms with van der Waals surface area (Å²) >= 11 is 14.4. The normalized spacial score (nSPS) is 24.0. The van der Waals surface area contributed by atoms with E-state index >= 15 is 0 Å². The van der Waals surface area contributed by atoms with Gasteiger partial charge >= 0.3 is 5.97 Å². The molecule has 3 aromatic heterocycles. The topological polar surface area (TPSA) is 309 Å². The predicted molar refractivity (Wildman–Crippen MR) is 442 cm³/mol. The fourth-order valence-electron chi connectivity index (χ4n) is 16.7. The number of hydrogen-bond donors (Lipinski definition) is 10. The molecule has 3 unspecified atom stereocenters. The van der Waals surface area contributed by atoms with E-state index in [1.807, 2.05) is 24.3 Å². The Balaban J connectivity index is 0.000000177. The lowest BCUT2D eigenvalue weighted by Gasteiger charge is -2.25. The smallest absolute Gasteiger partial charge is 0.335 e. The summed E-state index contributed by atoms with van der Waals surface area (Å²) in [5.74, 6) is 3.70. The summed E-state index contributed by atoms with van der Waals surface area (Å²) in [7, 11) is 0. The van der Waals surface area contributed by atoms with Crippen molar-refractivity contribution < 1.29 is 19.1 Å². The van der Waals surface area contributed by atoms with Gasteiger partial charge in [-0.1, -0.05) is 202 Å². The van der Waals surface area contributed by atoms with Crippen molar-refractivity contribution in [2.45, 2.75) is 349 Å². The van der Waals surface area contributed by atoms with Gasteiger partial charge in [0, 0.05) is 72.1 Å². The summed E-state index contributed by atoms with van der Waals surface area (Å²) < 4.78 is 9.28. The van der Waals surface area contributed by atoms with Crippen LogP contribution in [0.4, 0.5) is 0 Å². The number of nitrogens with one attached hydrogen (secondary N) is 2. The number of fused-ring (bicyclic) bond motifs is 2. The molecule has 9 saturated carbocycles. The molecule has 2 aromatic carbocycles. The van der Waals surface area contributed by atoms with Gasteiger partial charge in [-0.2, -0.15) is 0 Å². The van der Waals surface area contributed by atoms with Crippen molar-refractivity contribution in [3.63, 3.8) is 0 Å². The Morgan fingerprint density at radius 1 is 0.533 bits per heavy atom. The molecule has 1 amide bonds. The number of rotatable bonds is 8. The van der Waals surface area contributed by atoms with Crippen LogP contribution in [-0.2, 0) is 0 Å². The average molecular weight is 1510 g/mol. The first-order valence-corrected chi connectivity index (χ1v) is 43.0. The molecule has 10 aliphatic carbocycles. The second kappa shape index (κ2) is 49.7. The maximum Gasteiger partial charge on any atom is 0.335 e. The van der Waals surface area contributed by atoms with Gasteiger partial charge < -0.3 is 69.4 Å². The number of nitrogens with two attached hydrogens (primary N) is 7. The van der Waals surface area contributed by atoms with Crippen molar-refractivity contribution in [1.29, 1.82) is 0 Å². The number of hydrogen-bond acceptors (Lipinski definition) is 13. The summed E-state index contributed by atoms with van der Waals surface area (Å²) in [5, 5.41) is 15.6. The van der Waals surface area contributed by atoms with Gasteiger partial charge in [0.25, 0.3) is 5.91 Å². The molecule has 11 aliphatic rings. The van der Waals surface area contributed by atoms with Crippen LogP contribution in [0.2, 0.25) is 0 Å². The van der Waals surface area contributed by atoms with E-state index in [2.05, 4.69) is 57.9 Å². The molecule has 1 saturated heterocycles. The number of nitrogens with zero attached hydrogens (tertiary/aromatic N) is 4. The van der Waals surface area contributed by atoms with E-state index in [0.29, 0.717) is 59.5 Å². The van der Waals surface area contributed by atoms with Crippen LogP contribution in [0.25, 0.3) is 39.0 Å². The van der Waals surface area contributed by atoms with E-state index in [0.717, 1.165) is 95.1 Å². The Bertz CT molecular complexity index is 3160. The largest absolute Gasteiger partial charge is 0.478 e. The summed E-state index contributed by atoms with van der Waals surface area (Å²) in [4.78, 5) is 33.6. The highest BCUT2D eigenvalue weighted by atomic mass is 35.6. The first-order valence-electron chi connectivity index (χ1n) is 41.7. The van der Waals surface area contributed by atoms with E-state index < -0.39 is 10.3 Å². The molecule has 5 aromatic rings. The predicted octanol–water partition coefficient (Wildman–Crippen LogP) is 19.4. The first kappa shape index (κ1) is 87.9. The fraction of sp³-hybridized carbons (Fsp3) is 0.718. The third kappa shape index (κ3) is 32.6. The minimum atomic E-state index is -0.902. The molecular formula is C85H140Cl3N13O4. The number of carboxylic acids is 1. The maximum absolute atomic E-state index is 12.7. The first-order chi connectivity index (χ1) is 50.8. The molecule has 3 atom stereocenters. The Morgan fingerprint density at radius 3 is 1.35 bits per heavy atom. The lowest BCUT2D eigenvalue weighted by molar-refractivity contribution is 0.0696. The van der Waals surface area contributed by atoms with Crippen LogP contribution in [0.15, 0.2) is 77.6 Å². The van der Waals surface area contributed by atoms with Crippen molar-refractivity contribution in [1.82, 2.24) is 29.7 Å². The summed E-state index contributed by atoms with van der Waals surface area (Å²) in [6.07, 6.45) is 65.5. The van der Waals surface area contributed by atoms with Crippen LogP contribution in [0.3, 0.4) is 0 Å². The number of carboxylic acid groups (broad SMARTS) is 1. The van der Waals surface area contributed by atoms with Crippen molar-refractivity contribution in [3.8, 4) is 11.4 Å². The molecule has 105 heavy (non-hydrogen) atoms. The second-order valence-corrected chi connectivity index (χ2v) is 34.3. The highest BCUT2D eigenvalue weighted by molar-refractivity contribution is 6.63. The van der Waals surface area contributed by atoms with Crippen molar-refractivity contribution in [2.24, 2.45) is 57.9 Å². The molecule has 20 heteroatoms. The van der Waals surface area contributed by atoms with E-state index in [1.54, 1.807) is 24.7 Å². The number of allylic oxidation sites excluding steroid dienone is 4. The molecule has 0 spiro atoms. The Labute approximate surface area is 647 Å². The number of aromatic carboxylic acids is 1. The number of aromatic nitrogens is 4. The third-order valence-corrected chi connectivity index (χ3v) is 23.2. The minimum absolute atomic E-state index is 0.0207. The van der Waals surface area contributed by atoms with Crippen LogP contribution in [0.1, 0.15) is 329 Å². The molecule has 17 N–H and O–H groups in total. The van der Waals surface area contributed by atoms with Gasteiger partial charge in [0.2, 0.25) is 0 Å². The second-order valence-electron chi connectivity index (χ2n) is 32.3. The van der Waals surface area contributed by atoms with Gasteiger partial charge in [0.15, 0.2) is 4.30 Å². The zero-order chi connectivity index (χ0) is 75.1. The summed E-state index contributed by atoms with van der Waals surface area (Å²) in [6, 6.07) is 17.5. The van der Waals surface area contributed by atoms with Crippen molar-refractivity contribution in [2.75, 3.05) is 19.6 Å². The number of benzene rings is 2. The van der Waals surface area contributed by atoms with Gasteiger partial charge in [-0.05, 0) is 215 Å². The van der Waals surface area contributed by atoms with Crippen LogP contribution in [0.5, 0.6) is 0 Å². The molecule has 10 fully saturated rings. The fourth-order valence-corrected chi connectivity index (χ4v) is 16.7. The van der Waals surface area contributed by atoms with E-state index in [4.69, 9.17) is 89.3 Å². The lowest BCUT2D eigenvalue weighted by Crippen LogP contribution is -2.36. The molecule has 17 nitrogen and oxygen atoms in total. The van der Waals surface area contributed by atoms with E-state index in [-0.39, 0.29) is 11.9 Å². The number of furan rings is 1. The van der Waals surface area contributed by atoms with Crippen molar-refractivity contribution >= 4 is 74.3 Å². The van der Waals surface area contributed by atoms with Crippen molar-refractivity contribution in [3.05, 3.63) is 90.2 Å². The van der Waals surface area contributed by atoms with Crippen LogP contribution >= 0.6 is 34.8 Å². The standard InChI is InChI=1S/C22H26N4O2.C19H20N2O2.3C7H15N.2C6H13N.2C5H11N.CHCl3/c27-22(24-17-8-10-23-13-17)15-6-7-20-19(12-15)25-21(16-9-11-28-14-16)26(20)18-4-2-1-3-5-18;22-19(23)14-10-11-17-16(12-14)20-18(13-6-4-5-7-13)21(17)15-8-2-1-3-9-15;1-6-2-4-7(8)5-3-6;1-6-3-2-4-7(8)5-6;8-6-7-4-2-1-3-5-7;2*7-6-4-2-1-3-5-6;2*6-5-3-1-2-4-5;2-1(3)4/h6-7,9,11-12,14,17-18,23H,1-5,8,10,13H2,(H,24,27);4,6-7,10-12,15H,1-3,5,8-9H2,(H,22,23);2*6-7H,2-5,8H2,1H3;7H,1-6,8H2;2*6H,1-5,7H2;2*5H,1-4,6H2;1H. The molecular weight excluding hydrogens is 1370 g/mol. The van der Waals surface area contributed by atoms with Crippen LogP contribution in [-0.4, -0.2) is 102 Å². The monoisotopic (exact) mass is 1510 g/mol. The lowest BCUT2D eigenvalue weighted by atomic mass is 9.88. The van der Waals surface area contributed by atoms with Gasteiger partial charge in [-0.15, -0.1) is 0 Å². The Morgan fingerprint density at radius 2 is 0.971 bits per heavy atom. The van der Waals surface area contributed by atoms with Crippen LogP contribution in [0, 0.1) is 17.8 Å². The Kier molecular flexibility index (Phi) is 41.6. The summed E-state index contributed by atoms with van der Waals surface area (Å²) in [6.45, 7) is 7.32. The minimum Gasteiger partial charge on any atom is -0.478 e. The molecule has 4 heterocycles. The van der Waals surface area contributed by atoms with E-state index in [1.165, 1.54) is 263 Å². The van der Waals surface area contributed by atoms with Gasteiger partial charge in [0.05, 0.1) is 39.5 Å². The van der Waals surface area contributed by atoms with Crippen LogP contribution < -0.4 is 50.8 Å². The van der Waals surface area contributed by atoms with Gasteiger partial charge in [0.1, 0.15) is 17.9 Å². The molecule has 16 rings (SSSR count). The number of alkyl halides is 3. The summed E-state index contributed by atoms with van der Waals surface area (Å²) in [5.41, 5.74) is 46.2. The highest BCUT2D eigenvalue weighted by Crippen LogP contribution is 2.39. The number of carbonyl (C=O) groups excluding carboxylic acids is 1. The quantitative estimate of drug-likeness (QED) is 0.0646. The average Bonchev–Trinajstić information content (AvgIpc) is 1.62. The molecule has 1 aliphatic heterocycles.